The van der Waals surface area contributed by atoms with Crippen LogP contribution in [0.25, 0.3) is 0 Å². The summed E-state index contributed by atoms with van der Waals surface area (Å²) in [7, 11) is -2.89. The van der Waals surface area contributed by atoms with Gasteiger partial charge in [0.05, 0.1) is 5.75 Å². The van der Waals surface area contributed by atoms with Gasteiger partial charge in [0.2, 0.25) is 0 Å². The minimum Gasteiger partial charge on any atom is -0.309 e. The van der Waals surface area contributed by atoms with Crippen molar-refractivity contribution in [3.63, 3.8) is 0 Å². The quantitative estimate of drug-likeness (QED) is 0.739. The van der Waals surface area contributed by atoms with Crippen molar-refractivity contribution in [2.24, 2.45) is 5.92 Å². The number of nitrogens with one attached hydrogen (secondary N) is 1. The van der Waals surface area contributed by atoms with Crippen LogP contribution in [0.1, 0.15) is 20.3 Å². The van der Waals surface area contributed by atoms with Crippen LogP contribution in [0.3, 0.4) is 0 Å². The SMILES string of the molecule is CCC(C)CNC1C=CS(=O)(=O)C1. The summed E-state index contributed by atoms with van der Waals surface area (Å²) < 4.78 is 22.1. The average Bonchev–Trinajstić information content (AvgIpc) is 2.41. The lowest BCUT2D eigenvalue weighted by Crippen LogP contribution is -2.33. The molecule has 76 valence electrons. The van der Waals surface area contributed by atoms with Gasteiger partial charge in [-0.25, -0.2) is 8.42 Å². The molecule has 0 fully saturated rings. The first kappa shape index (κ1) is 10.7. The van der Waals surface area contributed by atoms with E-state index in [1.54, 1.807) is 6.08 Å². The Balaban J connectivity index is 2.30. The van der Waals surface area contributed by atoms with E-state index in [-0.39, 0.29) is 11.8 Å². The van der Waals surface area contributed by atoms with Crippen molar-refractivity contribution < 1.29 is 8.42 Å². The zero-order valence-electron chi connectivity index (χ0n) is 8.16. The molecule has 0 aromatic rings. The molecule has 1 rings (SSSR count). The summed E-state index contributed by atoms with van der Waals surface area (Å²) >= 11 is 0. The van der Waals surface area contributed by atoms with Crippen molar-refractivity contribution in [1.82, 2.24) is 5.32 Å². The fourth-order valence-corrected chi connectivity index (χ4v) is 2.47. The van der Waals surface area contributed by atoms with Crippen LogP contribution in [-0.4, -0.2) is 26.8 Å². The molecule has 0 aliphatic carbocycles. The molecule has 0 amide bonds. The van der Waals surface area contributed by atoms with Crippen LogP contribution in [0.2, 0.25) is 0 Å². The van der Waals surface area contributed by atoms with E-state index in [0.717, 1.165) is 13.0 Å². The maximum Gasteiger partial charge on any atom is 0.173 e. The van der Waals surface area contributed by atoms with Crippen LogP contribution in [-0.2, 0) is 9.84 Å². The van der Waals surface area contributed by atoms with Crippen LogP contribution in [0.5, 0.6) is 0 Å². The lowest BCUT2D eigenvalue weighted by molar-refractivity contribution is 0.484. The number of rotatable bonds is 4. The first-order valence-corrected chi connectivity index (χ1v) is 6.39. The molecule has 0 radical (unpaired) electrons. The smallest absolute Gasteiger partial charge is 0.173 e. The summed E-state index contributed by atoms with van der Waals surface area (Å²) in [6.45, 7) is 5.18. The minimum atomic E-state index is -2.89. The van der Waals surface area contributed by atoms with E-state index in [1.165, 1.54) is 5.41 Å². The fraction of sp³-hybridized carbons (Fsp3) is 0.778. The van der Waals surface area contributed by atoms with Crippen molar-refractivity contribution in [1.29, 1.82) is 0 Å². The molecule has 1 aliphatic heterocycles. The second-order valence-electron chi connectivity index (χ2n) is 3.69. The highest BCUT2D eigenvalue weighted by molar-refractivity contribution is 7.94. The molecule has 0 aromatic carbocycles. The van der Waals surface area contributed by atoms with Gasteiger partial charge < -0.3 is 5.32 Å². The lowest BCUT2D eigenvalue weighted by Gasteiger charge is -2.13. The molecule has 4 heteroatoms. The summed E-state index contributed by atoms with van der Waals surface area (Å²) in [5.74, 6) is 0.834. The molecular formula is C9H17NO2S. The van der Waals surface area contributed by atoms with E-state index in [4.69, 9.17) is 0 Å². The van der Waals surface area contributed by atoms with Gasteiger partial charge in [-0.05, 0) is 12.5 Å². The van der Waals surface area contributed by atoms with Crippen LogP contribution >= 0.6 is 0 Å². The monoisotopic (exact) mass is 203 g/mol. The number of sulfone groups is 1. The molecule has 13 heavy (non-hydrogen) atoms. The highest BCUT2D eigenvalue weighted by Crippen LogP contribution is 2.08. The highest BCUT2D eigenvalue weighted by Gasteiger charge is 2.20. The van der Waals surface area contributed by atoms with Gasteiger partial charge in [0.25, 0.3) is 0 Å². The Hall–Kier alpha value is -0.350. The van der Waals surface area contributed by atoms with Gasteiger partial charge in [0.15, 0.2) is 9.84 Å². The van der Waals surface area contributed by atoms with Gasteiger partial charge in [-0.2, -0.15) is 0 Å². The third-order valence-corrected chi connectivity index (χ3v) is 3.75. The second-order valence-corrected chi connectivity index (χ2v) is 5.62. The average molecular weight is 203 g/mol. The maximum atomic E-state index is 11.0. The number of hydrogen-bond acceptors (Lipinski definition) is 3. The van der Waals surface area contributed by atoms with E-state index in [1.807, 2.05) is 0 Å². The Morgan fingerprint density at radius 3 is 2.77 bits per heavy atom. The van der Waals surface area contributed by atoms with Crippen molar-refractivity contribution >= 4 is 9.84 Å². The molecule has 0 saturated carbocycles. The molecule has 0 aromatic heterocycles. The standard InChI is InChI=1S/C9H17NO2S/c1-3-8(2)6-10-9-4-5-13(11,12)7-9/h4-5,8-10H,3,6-7H2,1-2H3. The minimum absolute atomic E-state index is 0.0269. The molecule has 1 heterocycles. The summed E-state index contributed by atoms with van der Waals surface area (Å²) in [4.78, 5) is 0. The van der Waals surface area contributed by atoms with Crippen LogP contribution in [0, 0.1) is 5.92 Å². The van der Waals surface area contributed by atoms with Gasteiger partial charge in [-0.15, -0.1) is 0 Å². The zero-order chi connectivity index (χ0) is 9.90. The van der Waals surface area contributed by atoms with Crippen LogP contribution in [0.4, 0.5) is 0 Å². The molecule has 3 nitrogen and oxygen atoms in total. The van der Waals surface area contributed by atoms with Gasteiger partial charge in [-0.3, -0.25) is 0 Å². The summed E-state index contributed by atoms with van der Waals surface area (Å²) in [6, 6.07) is 0.0269. The van der Waals surface area contributed by atoms with Crippen molar-refractivity contribution in [2.45, 2.75) is 26.3 Å². The Bertz CT molecular complexity index is 282. The zero-order valence-corrected chi connectivity index (χ0v) is 8.97. The molecule has 0 spiro atoms. The molecule has 1 aliphatic rings. The van der Waals surface area contributed by atoms with Gasteiger partial charge in [-0.1, -0.05) is 26.3 Å². The summed E-state index contributed by atoms with van der Waals surface area (Å²) in [5, 5.41) is 4.53. The van der Waals surface area contributed by atoms with E-state index in [0.29, 0.717) is 5.92 Å². The lowest BCUT2D eigenvalue weighted by atomic mass is 10.1. The fourth-order valence-electron chi connectivity index (χ4n) is 1.20. The largest absolute Gasteiger partial charge is 0.309 e. The van der Waals surface area contributed by atoms with Gasteiger partial charge in [0, 0.05) is 11.4 Å². The predicted octanol–water partition coefficient (Wildman–Crippen LogP) is 0.933. The number of hydrogen-bond donors (Lipinski definition) is 1. The Labute approximate surface area is 80.1 Å². The van der Waals surface area contributed by atoms with Crippen molar-refractivity contribution in [3.8, 4) is 0 Å². The predicted molar refractivity (Wildman–Crippen MR) is 54.2 cm³/mol. The maximum absolute atomic E-state index is 11.0. The topological polar surface area (TPSA) is 46.2 Å². The summed E-state index contributed by atoms with van der Waals surface area (Å²) in [5.41, 5.74) is 0. The van der Waals surface area contributed by atoms with E-state index >= 15 is 0 Å². The molecule has 1 N–H and O–H groups in total. The second kappa shape index (κ2) is 4.24. The molecule has 0 bridgehead atoms. The van der Waals surface area contributed by atoms with E-state index in [9.17, 15) is 8.42 Å². The Morgan fingerprint density at radius 2 is 2.31 bits per heavy atom. The molecule has 0 saturated heterocycles. The molecular weight excluding hydrogens is 186 g/mol. The van der Waals surface area contributed by atoms with E-state index < -0.39 is 9.84 Å². The first-order chi connectivity index (χ1) is 6.03. The van der Waals surface area contributed by atoms with Gasteiger partial charge >= 0.3 is 0 Å². The van der Waals surface area contributed by atoms with Crippen molar-refractivity contribution in [3.05, 3.63) is 11.5 Å². The molecule has 2 unspecified atom stereocenters. The summed E-state index contributed by atoms with van der Waals surface area (Å²) in [6.07, 6.45) is 2.86. The Morgan fingerprint density at radius 1 is 1.62 bits per heavy atom. The van der Waals surface area contributed by atoms with E-state index in [2.05, 4.69) is 19.2 Å². The van der Waals surface area contributed by atoms with Crippen molar-refractivity contribution in [2.75, 3.05) is 12.3 Å². The highest BCUT2D eigenvalue weighted by atomic mass is 32.2. The third kappa shape index (κ3) is 3.48. The Kier molecular flexibility index (Phi) is 3.50. The third-order valence-electron chi connectivity index (χ3n) is 2.36. The van der Waals surface area contributed by atoms with Crippen LogP contribution < -0.4 is 5.32 Å². The van der Waals surface area contributed by atoms with Crippen LogP contribution in [0.15, 0.2) is 11.5 Å². The normalized spacial score (nSPS) is 27.7. The van der Waals surface area contributed by atoms with Gasteiger partial charge in [0.1, 0.15) is 0 Å². The molecule has 2 atom stereocenters. The first-order valence-electron chi connectivity index (χ1n) is 4.68.